The average molecular weight is 884 g/mol. The number of ether oxygens (including phenoxy) is 2. The maximum absolute atomic E-state index is 15.1. The third-order valence-corrected chi connectivity index (χ3v) is 15.1. The first-order valence-electron chi connectivity index (χ1n) is 21.9. The third-order valence-electron chi connectivity index (χ3n) is 13.3. The molecule has 4 amide bonds. The molecular formula is C46H57N7O9S. The summed E-state index contributed by atoms with van der Waals surface area (Å²) in [5.74, 6) is -2.09. The minimum absolute atomic E-state index is 0.0143. The summed E-state index contributed by atoms with van der Waals surface area (Å²) in [6.07, 6.45) is 7.64. The van der Waals surface area contributed by atoms with Crippen molar-refractivity contribution < 1.29 is 41.9 Å². The molecule has 4 N–H and O–H groups in total. The van der Waals surface area contributed by atoms with E-state index in [0.717, 1.165) is 18.4 Å². The first-order valence-corrected chi connectivity index (χ1v) is 23.5. The molecule has 1 aromatic heterocycles. The zero-order valence-electron chi connectivity index (χ0n) is 36.1. The van der Waals surface area contributed by atoms with Crippen LogP contribution in [0.3, 0.4) is 0 Å². The van der Waals surface area contributed by atoms with Crippen molar-refractivity contribution in [3.63, 3.8) is 0 Å². The Morgan fingerprint density at radius 3 is 2.57 bits per heavy atom. The molecule has 8 rings (SSSR count). The number of pyridine rings is 1. The maximum Gasteiger partial charge on any atom is 0.259 e. The predicted molar refractivity (Wildman–Crippen MR) is 236 cm³/mol. The Kier molecular flexibility index (Phi) is 12.5. The van der Waals surface area contributed by atoms with E-state index in [4.69, 9.17) is 25.0 Å². The number of rotatable bonds is 11. The summed E-state index contributed by atoms with van der Waals surface area (Å²) in [7, 11) is -0.889. The van der Waals surface area contributed by atoms with Crippen LogP contribution in [0, 0.1) is 17.3 Å². The van der Waals surface area contributed by atoms with Crippen molar-refractivity contribution >= 4 is 50.3 Å². The van der Waals surface area contributed by atoms with Gasteiger partial charge in [-0.05, 0) is 50.7 Å². The van der Waals surface area contributed by atoms with Crippen molar-refractivity contribution in [2.45, 2.75) is 94.1 Å². The van der Waals surface area contributed by atoms with Crippen LogP contribution in [-0.2, 0) is 34.0 Å². The molecule has 5 aliphatic rings. The number of carbonyl (C=O) groups excluding carboxylic acids is 4. The molecule has 2 aromatic carbocycles. The molecule has 2 aliphatic carbocycles. The van der Waals surface area contributed by atoms with Crippen molar-refractivity contribution in [3.05, 3.63) is 66.7 Å². The van der Waals surface area contributed by atoms with Gasteiger partial charge >= 0.3 is 0 Å². The van der Waals surface area contributed by atoms with Crippen LogP contribution < -0.4 is 25.2 Å². The minimum Gasteiger partial charge on any atom is -0.497 e. The molecule has 2 unspecified atom stereocenters. The smallest absolute Gasteiger partial charge is 0.259 e. The fraction of sp³-hybridized carbons (Fsp3) is 0.522. The molecule has 63 heavy (non-hydrogen) atoms. The molecule has 0 spiro atoms. The normalized spacial score (nSPS) is 28.9. The first-order chi connectivity index (χ1) is 30.3. The van der Waals surface area contributed by atoms with Crippen molar-refractivity contribution in [2.75, 3.05) is 40.4 Å². The second-order valence-electron chi connectivity index (χ2n) is 17.9. The Morgan fingerprint density at radius 1 is 1.05 bits per heavy atom. The molecular weight excluding hydrogens is 827 g/mol. The topological polar surface area (TPSA) is 212 Å². The summed E-state index contributed by atoms with van der Waals surface area (Å²) in [6, 6.07) is 15.9. The number of nitrogens with two attached hydrogens (primary N) is 1. The second-order valence-corrected chi connectivity index (χ2v) is 19.8. The Hall–Kier alpha value is -5.55. The van der Waals surface area contributed by atoms with Crippen LogP contribution in [0.2, 0.25) is 0 Å². The van der Waals surface area contributed by atoms with E-state index in [0.29, 0.717) is 72.5 Å². The molecule has 4 fully saturated rings. The Balaban J connectivity index is 1.12. The third kappa shape index (κ3) is 9.26. The van der Waals surface area contributed by atoms with Gasteiger partial charge in [-0.2, -0.15) is 0 Å². The fourth-order valence-corrected chi connectivity index (χ4v) is 10.6. The molecule has 6 atom stereocenters. The summed E-state index contributed by atoms with van der Waals surface area (Å²) >= 11 is 0. The van der Waals surface area contributed by atoms with Crippen molar-refractivity contribution in [1.29, 1.82) is 0 Å². The summed E-state index contributed by atoms with van der Waals surface area (Å²) in [4.78, 5) is 71.1. The number of oxime groups is 1. The van der Waals surface area contributed by atoms with Gasteiger partial charge in [0.2, 0.25) is 27.7 Å². The monoisotopic (exact) mass is 883 g/mol. The number of carbonyl (C=O) groups is 4. The molecule has 3 aromatic rings. The van der Waals surface area contributed by atoms with E-state index in [1.165, 1.54) is 12.0 Å². The Morgan fingerprint density at radius 2 is 1.84 bits per heavy atom. The molecule has 0 bridgehead atoms. The second kappa shape index (κ2) is 17.9. The first kappa shape index (κ1) is 44.1. The number of likely N-dealkylation sites (tertiary alicyclic amines) is 1. The molecule has 16 nitrogen and oxygen atoms in total. The molecule has 0 radical (unpaired) electrons. The standard InChI is InChI=1S/C46H57N7O9S/c1-45(27-47)28-52(26-40(45)50-61-3)41(54)20-30-14-8-5-4-6-11-15-31-24-46(31,44(57)51-63(58,59)34-17-18-34)49-42(55)38-22-33(25-53(38)43(30)56)62-39-23-36(29-12-9-7-10-13-29)48-37-21-32(60-2)16-19-35(37)39/h7,9-13,15-16,19,21,23,30-31,33-34,38H,4-6,8,14,17-18,20,22,24-28,47H2,1-3H3,(H,49,55)(H,51,57)/b15-11-,50-40+/t30-,31?,33-,38+,45?,46-/m1/s1. The summed E-state index contributed by atoms with van der Waals surface area (Å²) in [5.41, 5.74) is 6.83. The summed E-state index contributed by atoms with van der Waals surface area (Å²) < 4.78 is 40.6. The number of nitrogens with one attached hydrogen (secondary N) is 2. The molecule has 17 heteroatoms. The lowest BCUT2D eigenvalue weighted by Crippen LogP contribution is -2.57. The van der Waals surface area contributed by atoms with E-state index >= 15 is 4.79 Å². The van der Waals surface area contributed by atoms with Gasteiger partial charge in [0.25, 0.3) is 5.91 Å². The van der Waals surface area contributed by atoms with Gasteiger partial charge in [0, 0.05) is 66.3 Å². The lowest BCUT2D eigenvalue weighted by molar-refractivity contribution is -0.145. The highest BCUT2D eigenvalue weighted by Gasteiger charge is 2.62. The minimum atomic E-state index is -3.92. The zero-order chi connectivity index (χ0) is 44.5. The van der Waals surface area contributed by atoms with Gasteiger partial charge < -0.3 is 35.2 Å². The van der Waals surface area contributed by atoms with Crippen LogP contribution in [0.5, 0.6) is 11.5 Å². The highest BCUT2D eigenvalue weighted by Crippen LogP contribution is 2.46. The van der Waals surface area contributed by atoms with Gasteiger partial charge in [0.05, 0.1) is 42.4 Å². The summed E-state index contributed by atoms with van der Waals surface area (Å²) in [5, 5.41) is 7.18. The quantitative estimate of drug-likeness (QED) is 0.185. The molecule has 4 heterocycles. The van der Waals surface area contributed by atoms with Crippen LogP contribution in [0.15, 0.2) is 71.9 Å². The van der Waals surface area contributed by atoms with E-state index in [1.54, 1.807) is 12.0 Å². The molecule has 336 valence electrons. The molecule has 3 aliphatic heterocycles. The maximum atomic E-state index is 15.1. The van der Waals surface area contributed by atoms with Gasteiger partial charge in [-0.1, -0.05) is 67.4 Å². The average Bonchev–Trinajstić information content (AvgIpc) is 4.19. The van der Waals surface area contributed by atoms with E-state index in [1.807, 2.05) is 73.7 Å². The highest BCUT2D eigenvalue weighted by molar-refractivity contribution is 7.91. The van der Waals surface area contributed by atoms with Crippen molar-refractivity contribution in [1.82, 2.24) is 24.8 Å². The SMILES string of the molecule is CO/N=C1\CN(C(=O)C[C@H]2CCCCC/C=C\C3C[C@@]3(C(=O)NS(=O)(=O)C3CC3)NC(=O)[C@@H]3C[C@@H](Oc4cc(-c5ccccc5)nc5cc(OC)ccc45)CN3C2=O)CC1(C)CN. The predicted octanol–water partition coefficient (Wildman–Crippen LogP) is 4.08. The molecule has 2 saturated heterocycles. The van der Waals surface area contributed by atoms with Crippen LogP contribution in [0.25, 0.3) is 22.2 Å². The highest BCUT2D eigenvalue weighted by atomic mass is 32.2. The van der Waals surface area contributed by atoms with Crippen LogP contribution in [0.4, 0.5) is 0 Å². The Labute approximate surface area is 368 Å². The number of fused-ring (bicyclic) bond motifs is 3. The van der Waals surface area contributed by atoms with E-state index < -0.39 is 62.0 Å². The molecule has 2 saturated carbocycles. The largest absolute Gasteiger partial charge is 0.497 e. The fourth-order valence-electron chi connectivity index (χ4n) is 9.20. The van der Waals surface area contributed by atoms with E-state index in [9.17, 15) is 22.8 Å². The van der Waals surface area contributed by atoms with Gasteiger partial charge in [0.1, 0.15) is 36.3 Å². The number of allylic oxidation sites excluding steroid dienone is 1. The number of amides is 4. The number of hydrogen-bond acceptors (Lipinski definition) is 12. The zero-order valence-corrected chi connectivity index (χ0v) is 36.9. The van der Waals surface area contributed by atoms with Gasteiger partial charge in [-0.25, -0.2) is 13.4 Å². The number of methoxy groups -OCH3 is 1. The van der Waals surface area contributed by atoms with Crippen LogP contribution in [-0.4, -0.2) is 116 Å². The lowest BCUT2D eigenvalue weighted by atomic mass is 9.88. The van der Waals surface area contributed by atoms with Gasteiger partial charge in [0.15, 0.2) is 0 Å². The summed E-state index contributed by atoms with van der Waals surface area (Å²) in [6.45, 7) is 2.74. The van der Waals surface area contributed by atoms with E-state index in [-0.39, 0.29) is 50.7 Å². The van der Waals surface area contributed by atoms with Gasteiger partial charge in [-0.15, -0.1) is 0 Å². The van der Waals surface area contributed by atoms with E-state index in [2.05, 4.69) is 15.2 Å². The number of hydrogen-bond donors (Lipinski definition) is 3. The Bertz CT molecular complexity index is 2430. The van der Waals surface area contributed by atoms with Gasteiger partial charge in [-0.3, -0.25) is 23.9 Å². The number of aromatic nitrogens is 1. The van der Waals surface area contributed by atoms with Crippen LogP contribution in [0.1, 0.15) is 71.1 Å². The van der Waals surface area contributed by atoms with Crippen LogP contribution >= 0.6 is 0 Å². The number of nitrogens with zero attached hydrogens (tertiary/aromatic N) is 4. The lowest BCUT2D eigenvalue weighted by Gasteiger charge is -2.30. The van der Waals surface area contributed by atoms with Crippen molar-refractivity contribution in [3.8, 4) is 22.8 Å². The van der Waals surface area contributed by atoms with Crippen molar-refractivity contribution in [2.24, 2.45) is 28.1 Å². The number of benzene rings is 2. The number of sulfonamides is 1.